The molecule has 2 atom stereocenters. The van der Waals surface area contributed by atoms with Gasteiger partial charge in [0.1, 0.15) is 5.78 Å². The van der Waals surface area contributed by atoms with Crippen LogP contribution in [0.15, 0.2) is 48.8 Å². The largest absolute Gasteiger partial charge is 0.299 e. The van der Waals surface area contributed by atoms with Crippen LogP contribution < -0.4 is 0 Å². The molecule has 0 amide bonds. The van der Waals surface area contributed by atoms with Crippen LogP contribution >= 0.6 is 0 Å². The monoisotopic (exact) mass is 296 g/mol. The fourth-order valence-corrected chi connectivity index (χ4v) is 2.59. The van der Waals surface area contributed by atoms with Gasteiger partial charge in [0, 0.05) is 35.6 Å². The molecule has 0 aliphatic rings. The van der Waals surface area contributed by atoms with Gasteiger partial charge in [0.15, 0.2) is 0 Å². The molecule has 2 rings (SSSR count). The lowest BCUT2D eigenvalue weighted by Gasteiger charge is -2.16. The van der Waals surface area contributed by atoms with Gasteiger partial charge in [0.2, 0.25) is 0 Å². The highest BCUT2D eigenvalue weighted by atomic mass is 16.1. The van der Waals surface area contributed by atoms with Gasteiger partial charge in [-0.25, -0.2) is 0 Å². The van der Waals surface area contributed by atoms with E-state index in [0.717, 1.165) is 37.1 Å². The van der Waals surface area contributed by atoms with E-state index in [0.29, 0.717) is 5.78 Å². The molecule has 0 radical (unpaired) electrons. The van der Waals surface area contributed by atoms with Crippen LogP contribution in [-0.4, -0.2) is 15.8 Å². The van der Waals surface area contributed by atoms with Crippen molar-refractivity contribution in [3.8, 4) is 0 Å². The summed E-state index contributed by atoms with van der Waals surface area (Å²) >= 11 is 0. The second-order valence-corrected chi connectivity index (χ2v) is 5.92. The number of aromatic nitrogens is 2. The molecule has 3 nitrogen and oxygen atoms in total. The highest BCUT2D eigenvalue weighted by Gasteiger charge is 2.19. The number of aryl methyl sites for hydroxylation is 2. The molecule has 2 aromatic heterocycles. The normalized spacial score (nSPS) is 13.5. The van der Waals surface area contributed by atoms with E-state index < -0.39 is 0 Å². The maximum absolute atomic E-state index is 12.4. The third kappa shape index (κ3) is 5.06. The molecular formula is C19H24N2O. The van der Waals surface area contributed by atoms with Gasteiger partial charge in [-0.05, 0) is 49.9 Å². The van der Waals surface area contributed by atoms with Crippen molar-refractivity contribution in [2.45, 2.75) is 39.5 Å². The number of Topliss-reactive ketones (excluding diaryl/α,β-unsaturated/α-hetero) is 1. The Hall–Kier alpha value is -2.03. The summed E-state index contributed by atoms with van der Waals surface area (Å²) < 4.78 is 0. The SMILES string of the molecule is CC(CCc1ccccn1)C(=O)C(C)CCc1ccccn1. The zero-order valence-electron chi connectivity index (χ0n) is 13.4. The molecule has 2 unspecified atom stereocenters. The van der Waals surface area contributed by atoms with Crippen LogP contribution in [0.25, 0.3) is 0 Å². The van der Waals surface area contributed by atoms with Gasteiger partial charge in [0.25, 0.3) is 0 Å². The third-order valence-electron chi connectivity index (χ3n) is 4.09. The lowest BCUT2D eigenvalue weighted by atomic mass is 9.88. The standard InChI is InChI=1S/C19H24N2O/c1-15(9-11-17-7-3-5-13-20-17)19(22)16(2)10-12-18-8-4-6-14-21-18/h3-8,13-16H,9-12H2,1-2H3. The summed E-state index contributed by atoms with van der Waals surface area (Å²) in [6.45, 7) is 4.06. The van der Waals surface area contributed by atoms with Crippen LogP contribution in [0.5, 0.6) is 0 Å². The molecule has 116 valence electrons. The van der Waals surface area contributed by atoms with E-state index in [-0.39, 0.29) is 11.8 Å². The molecule has 0 fully saturated rings. The molecule has 2 heterocycles. The zero-order valence-corrected chi connectivity index (χ0v) is 13.4. The number of carbonyl (C=O) groups is 1. The first-order valence-corrected chi connectivity index (χ1v) is 8.00. The average molecular weight is 296 g/mol. The number of rotatable bonds is 8. The maximum Gasteiger partial charge on any atom is 0.138 e. The molecular weight excluding hydrogens is 272 g/mol. The van der Waals surface area contributed by atoms with E-state index >= 15 is 0 Å². The summed E-state index contributed by atoms with van der Waals surface area (Å²) in [4.78, 5) is 21.1. The second kappa shape index (κ2) is 8.42. The number of pyridine rings is 2. The first-order valence-electron chi connectivity index (χ1n) is 8.00. The van der Waals surface area contributed by atoms with E-state index in [2.05, 4.69) is 9.97 Å². The molecule has 0 N–H and O–H groups in total. The van der Waals surface area contributed by atoms with Gasteiger partial charge >= 0.3 is 0 Å². The van der Waals surface area contributed by atoms with Crippen molar-refractivity contribution in [1.82, 2.24) is 9.97 Å². The summed E-state index contributed by atoms with van der Waals surface area (Å²) in [7, 11) is 0. The van der Waals surface area contributed by atoms with Gasteiger partial charge in [-0.15, -0.1) is 0 Å². The number of hydrogen-bond acceptors (Lipinski definition) is 3. The predicted molar refractivity (Wildman–Crippen MR) is 88.5 cm³/mol. The van der Waals surface area contributed by atoms with Crippen molar-refractivity contribution in [1.29, 1.82) is 0 Å². The fourth-order valence-electron chi connectivity index (χ4n) is 2.59. The Morgan fingerprint density at radius 2 is 1.32 bits per heavy atom. The highest BCUT2D eigenvalue weighted by Crippen LogP contribution is 2.17. The Morgan fingerprint density at radius 3 is 1.68 bits per heavy atom. The molecule has 0 saturated carbocycles. The predicted octanol–water partition coefficient (Wildman–Crippen LogP) is 3.88. The van der Waals surface area contributed by atoms with E-state index in [1.807, 2.05) is 50.2 Å². The Bertz CT molecular complexity index is 517. The van der Waals surface area contributed by atoms with Gasteiger partial charge in [-0.1, -0.05) is 26.0 Å². The summed E-state index contributed by atoms with van der Waals surface area (Å²) in [6.07, 6.45) is 7.06. The van der Waals surface area contributed by atoms with E-state index in [9.17, 15) is 4.79 Å². The number of nitrogens with zero attached hydrogens (tertiary/aromatic N) is 2. The van der Waals surface area contributed by atoms with Gasteiger partial charge in [-0.2, -0.15) is 0 Å². The molecule has 3 heteroatoms. The van der Waals surface area contributed by atoms with Crippen molar-refractivity contribution in [2.75, 3.05) is 0 Å². The van der Waals surface area contributed by atoms with Gasteiger partial charge in [0.05, 0.1) is 0 Å². The third-order valence-corrected chi connectivity index (χ3v) is 4.09. The van der Waals surface area contributed by atoms with Crippen LogP contribution in [0.2, 0.25) is 0 Å². The van der Waals surface area contributed by atoms with Crippen molar-refractivity contribution in [2.24, 2.45) is 11.8 Å². The summed E-state index contributed by atoms with van der Waals surface area (Å²) in [6, 6.07) is 11.8. The van der Waals surface area contributed by atoms with Crippen LogP contribution in [-0.2, 0) is 17.6 Å². The minimum Gasteiger partial charge on any atom is -0.299 e. The molecule has 0 bridgehead atoms. The minimum absolute atomic E-state index is 0.0840. The Balaban J connectivity index is 1.77. The smallest absolute Gasteiger partial charge is 0.138 e. The lowest BCUT2D eigenvalue weighted by molar-refractivity contribution is -0.126. The second-order valence-electron chi connectivity index (χ2n) is 5.92. The molecule has 2 aromatic rings. The van der Waals surface area contributed by atoms with Gasteiger partial charge in [-0.3, -0.25) is 14.8 Å². The first-order chi connectivity index (χ1) is 10.7. The molecule has 0 aromatic carbocycles. The highest BCUT2D eigenvalue weighted by molar-refractivity contribution is 5.82. The molecule has 22 heavy (non-hydrogen) atoms. The molecule has 0 aliphatic carbocycles. The minimum atomic E-state index is 0.0840. The van der Waals surface area contributed by atoms with Gasteiger partial charge < -0.3 is 0 Å². The van der Waals surface area contributed by atoms with Crippen molar-refractivity contribution in [3.05, 3.63) is 60.2 Å². The summed E-state index contributed by atoms with van der Waals surface area (Å²) in [5.41, 5.74) is 2.12. The first kappa shape index (κ1) is 16.3. The average Bonchev–Trinajstić information content (AvgIpc) is 2.58. The fraction of sp³-hybridized carbons (Fsp3) is 0.421. The van der Waals surface area contributed by atoms with E-state index in [4.69, 9.17) is 0 Å². The number of hydrogen-bond donors (Lipinski definition) is 0. The number of ketones is 1. The maximum atomic E-state index is 12.4. The van der Waals surface area contributed by atoms with Crippen LogP contribution in [0.3, 0.4) is 0 Å². The van der Waals surface area contributed by atoms with Crippen LogP contribution in [0, 0.1) is 11.8 Å². The lowest BCUT2D eigenvalue weighted by Crippen LogP contribution is -2.20. The molecule has 0 saturated heterocycles. The summed E-state index contributed by atoms with van der Waals surface area (Å²) in [5, 5.41) is 0. The van der Waals surface area contributed by atoms with E-state index in [1.165, 1.54) is 0 Å². The molecule has 0 aliphatic heterocycles. The Labute approximate surface area is 132 Å². The zero-order chi connectivity index (χ0) is 15.8. The topological polar surface area (TPSA) is 42.9 Å². The number of carbonyl (C=O) groups excluding carboxylic acids is 1. The summed E-state index contributed by atoms with van der Waals surface area (Å²) in [5.74, 6) is 0.522. The van der Waals surface area contributed by atoms with Crippen molar-refractivity contribution >= 4 is 5.78 Å². The van der Waals surface area contributed by atoms with E-state index in [1.54, 1.807) is 12.4 Å². The molecule has 0 spiro atoms. The quantitative estimate of drug-likeness (QED) is 0.742. The van der Waals surface area contributed by atoms with Crippen molar-refractivity contribution in [3.63, 3.8) is 0 Å². The Kier molecular flexibility index (Phi) is 6.26. The Morgan fingerprint density at radius 1 is 0.864 bits per heavy atom. The van der Waals surface area contributed by atoms with Crippen LogP contribution in [0.1, 0.15) is 38.1 Å². The van der Waals surface area contributed by atoms with Crippen LogP contribution in [0.4, 0.5) is 0 Å². The van der Waals surface area contributed by atoms with Crippen molar-refractivity contribution < 1.29 is 4.79 Å².